The van der Waals surface area contributed by atoms with Gasteiger partial charge in [0.25, 0.3) is 0 Å². The molecule has 0 saturated heterocycles. The van der Waals surface area contributed by atoms with Gasteiger partial charge in [0, 0.05) is 30.1 Å². The minimum atomic E-state index is -0.182. The number of aryl methyl sites for hydroxylation is 1. The maximum atomic E-state index is 13.2. The molecule has 3 rings (SSSR count). The Balaban J connectivity index is 0.00000243. The molecule has 0 atom stereocenters. The number of thiazole rings is 1. The van der Waals surface area contributed by atoms with Gasteiger partial charge in [0.15, 0.2) is 5.96 Å². The van der Waals surface area contributed by atoms with Crippen molar-refractivity contribution >= 4 is 41.3 Å². The van der Waals surface area contributed by atoms with Crippen molar-refractivity contribution in [2.75, 3.05) is 13.6 Å². The zero-order valence-corrected chi connectivity index (χ0v) is 18.4. The average Bonchev–Trinajstić information content (AvgIpc) is 3.06. The normalized spacial score (nSPS) is 15.7. The fraction of sp³-hybridized carbons (Fsp3) is 0.474. The molecular weight excluding hydrogens is 462 g/mol. The van der Waals surface area contributed by atoms with Gasteiger partial charge in [-0.25, -0.2) is 9.37 Å². The van der Waals surface area contributed by atoms with Crippen molar-refractivity contribution < 1.29 is 4.39 Å². The molecule has 26 heavy (non-hydrogen) atoms. The predicted molar refractivity (Wildman–Crippen MR) is 117 cm³/mol. The van der Waals surface area contributed by atoms with Gasteiger partial charge in [-0.15, -0.1) is 35.3 Å². The molecule has 7 heteroatoms. The number of aromatic nitrogens is 1. The summed E-state index contributed by atoms with van der Waals surface area (Å²) in [5.74, 6) is 0.597. The van der Waals surface area contributed by atoms with Crippen LogP contribution in [0.4, 0.5) is 4.39 Å². The van der Waals surface area contributed by atoms with E-state index in [2.05, 4.69) is 27.5 Å². The SMILES string of the molecule is CCc1cnc(CNC(=NC)NCC2(c3ccc(F)cc3)CCC2)s1.I. The Morgan fingerprint density at radius 3 is 2.54 bits per heavy atom. The first-order chi connectivity index (χ1) is 12.1. The van der Waals surface area contributed by atoms with E-state index in [0.717, 1.165) is 36.8 Å². The van der Waals surface area contributed by atoms with E-state index in [0.29, 0.717) is 6.54 Å². The number of benzene rings is 1. The summed E-state index contributed by atoms with van der Waals surface area (Å²) in [6, 6.07) is 6.93. The highest BCUT2D eigenvalue weighted by atomic mass is 127. The molecule has 1 saturated carbocycles. The van der Waals surface area contributed by atoms with Crippen LogP contribution >= 0.6 is 35.3 Å². The standard InChI is InChI=1S/C19H25FN4S.HI/c1-3-16-11-22-17(25-16)12-23-18(21-2)24-13-19(9-4-10-19)14-5-7-15(20)8-6-14;/h5-8,11H,3-4,9-10,12-13H2,1-2H3,(H2,21,23,24);1H. The zero-order chi connectivity index (χ0) is 17.7. The molecule has 1 aromatic heterocycles. The van der Waals surface area contributed by atoms with Crippen LogP contribution in [0, 0.1) is 5.82 Å². The van der Waals surface area contributed by atoms with Crippen molar-refractivity contribution in [1.29, 1.82) is 0 Å². The van der Waals surface area contributed by atoms with Gasteiger partial charge >= 0.3 is 0 Å². The lowest BCUT2D eigenvalue weighted by atomic mass is 9.64. The largest absolute Gasteiger partial charge is 0.356 e. The Bertz CT molecular complexity index is 725. The maximum absolute atomic E-state index is 13.2. The highest BCUT2D eigenvalue weighted by molar-refractivity contribution is 14.0. The van der Waals surface area contributed by atoms with Crippen molar-refractivity contribution in [1.82, 2.24) is 15.6 Å². The van der Waals surface area contributed by atoms with E-state index in [1.165, 1.54) is 16.9 Å². The molecular formula is C19H26FIN4S. The van der Waals surface area contributed by atoms with Crippen LogP contribution in [-0.4, -0.2) is 24.5 Å². The van der Waals surface area contributed by atoms with Crippen LogP contribution in [0.2, 0.25) is 0 Å². The van der Waals surface area contributed by atoms with Gasteiger partial charge in [0.2, 0.25) is 0 Å². The lowest BCUT2D eigenvalue weighted by Crippen LogP contribution is -2.48. The molecule has 1 heterocycles. The Hall–Kier alpha value is -1.22. The fourth-order valence-electron chi connectivity index (χ4n) is 3.20. The Morgan fingerprint density at radius 2 is 2.00 bits per heavy atom. The van der Waals surface area contributed by atoms with E-state index in [-0.39, 0.29) is 35.2 Å². The van der Waals surface area contributed by atoms with Crippen molar-refractivity contribution in [3.05, 3.63) is 51.7 Å². The third kappa shape index (κ3) is 4.94. The molecule has 0 spiro atoms. The summed E-state index contributed by atoms with van der Waals surface area (Å²) in [5.41, 5.74) is 1.29. The molecule has 0 bridgehead atoms. The molecule has 1 aliphatic rings. The van der Waals surface area contributed by atoms with Gasteiger partial charge in [-0.1, -0.05) is 25.5 Å². The van der Waals surface area contributed by atoms with E-state index in [4.69, 9.17) is 0 Å². The molecule has 4 nitrogen and oxygen atoms in total. The second kappa shape index (κ2) is 9.64. The monoisotopic (exact) mass is 488 g/mol. The predicted octanol–water partition coefficient (Wildman–Crippen LogP) is 4.25. The molecule has 0 radical (unpaired) electrons. The quantitative estimate of drug-likeness (QED) is 0.363. The number of hydrogen-bond donors (Lipinski definition) is 2. The number of aliphatic imine (C=N–C) groups is 1. The van der Waals surface area contributed by atoms with Crippen molar-refractivity contribution in [2.24, 2.45) is 4.99 Å². The average molecular weight is 488 g/mol. The van der Waals surface area contributed by atoms with E-state index < -0.39 is 0 Å². The number of halogens is 2. The molecule has 0 unspecified atom stereocenters. The summed E-state index contributed by atoms with van der Waals surface area (Å²) in [7, 11) is 1.78. The van der Waals surface area contributed by atoms with Crippen LogP contribution in [0.15, 0.2) is 35.5 Å². The van der Waals surface area contributed by atoms with Crippen LogP contribution in [0.1, 0.15) is 41.6 Å². The first-order valence-corrected chi connectivity index (χ1v) is 9.61. The molecule has 0 amide bonds. The summed E-state index contributed by atoms with van der Waals surface area (Å²) in [6.45, 7) is 3.61. The highest BCUT2D eigenvalue weighted by Gasteiger charge is 2.38. The number of guanidine groups is 1. The van der Waals surface area contributed by atoms with E-state index in [1.807, 2.05) is 18.3 Å². The fourth-order valence-corrected chi connectivity index (χ4v) is 4.00. The van der Waals surface area contributed by atoms with Gasteiger partial charge in [-0.3, -0.25) is 4.99 Å². The number of nitrogens with zero attached hydrogens (tertiary/aromatic N) is 2. The molecule has 1 aliphatic carbocycles. The minimum absolute atomic E-state index is 0. The molecule has 142 valence electrons. The summed E-state index contributed by atoms with van der Waals surface area (Å²) >= 11 is 1.73. The van der Waals surface area contributed by atoms with Crippen molar-refractivity contribution in [3.8, 4) is 0 Å². The first kappa shape index (κ1) is 21.1. The van der Waals surface area contributed by atoms with E-state index in [1.54, 1.807) is 30.5 Å². The Labute approximate surface area is 175 Å². The lowest BCUT2D eigenvalue weighted by molar-refractivity contribution is 0.243. The lowest BCUT2D eigenvalue weighted by Gasteiger charge is -2.43. The van der Waals surface area contributed by atoms with Crippen LogP contribution < -0.4 is 10.6 Å². The second-order valence-electron chi connectivity index (χ2n) is 6.49. The van der Waals surface area contributed by atoms with Crippen molar-refractivity contribution in [2.45, 2.75) is 44.6 Å². The summed E-state index contributed by atoms with van der Waals surface area (Å²) in [5, 5.41) is 7.84. The topological polar surface area (TPSA) is 49.3 Å². The van der Waals surface area contributed by atoms with Crippen LogP contribution in [0.3, 0.4) is 0 Å². The zero-order valence-electron chi connectivity index (χ0n) is 15.2. The van der Waals surface area contributed by atoms with Crippen LogP contribution in [-0.2, 0) is 18.4 Å². The van der Waals surface area contributed by atoms with Gasteiger partial charge in [-0.05, 0) is 37.0 Å². The molecule has 0 aliphatic heterocycles. The van der Waals surface area contributed by atoms with E-state index >= 15 is 0 Å². The minimum Gasteiger partial charge on any atom is -0.356 e. The summed E-state index contributed by atoms with van der Waals surface area (Å²) in [6.07, 6.45) is 6.41. The van der Waals surface area contributed by atoms with Gasteiger partial charge in [-0.2, -0.15) is 0 Å². The van der Waals surface area contributed by atoms with Crippen LogP contribution in [0.25, 0.3) is 0 Å². The second-order valence-corrected chi connectivity index (χ2v) is 7.69. The van der Waals surface area contributed by atoms with Crippen molar-refractivity contribution in [3.63, 3.8) is 0 Å². The third-order valence-electron chi connectivity index (χ3n) is 4.94. The first-order valence-electron chi connectivity index (χ1n) is 8.79. The van der Waals surface area contributed by atoms with Gasteiger partial charge in [0.1, 0.15) is 10.8 Å². The van der Waals surface area contributed by atoms with Crippen LogP contribution in [0.5, 0.6) is 0 Å². The molecule has 2 N–H and O–H groups in total. The molecule has 1 aromatic carbocycles. The number of rotatable bonds is 6. The van der Waals surface area contributed by atoms with Gasteiger partial charge < -0.3 is 10.6 Å². The smallest absolute Gasteiger partial charge is 0.191 e. The Kier molecular flexibility index (Phi) is 7.82. The third-order valence-corrected chi connectivity index (χ3v) is 6.08. The highest BCUT2D eigenvalue weighted by Crippen LogP contribution is 2.43. The maximum Gasteiger partial charge on any atom is 0.191 e. The molecule has 2 aromatic rings. The number of hydrogen-bond acceptors (Lipinski definition) is 3. The summed E-state index contributed by atoms with van der Waals surface area (Å²) < 4.78 is 13.2. The molecule has 1 fully saturated rings. The van der Waals surface area contributed by atoms with E-state index in [9.17, 15) is 4.39 Å². The number of nitrogens with one attached hydrogen (secondary N) is 2. The summed E-state index contributed by atoms with van der Waals surface area (Å²) in [4.78, 5) is 10.0. The van der Waals surface area contributed by atoms with Gasteiger partial charge in [0.05, 0.1) is 6.54 Å². The Morgan fingerprint density at radius 1 is 1.27 bits per heavy atom.